The molecule has 66 heavy (non-hydrogen) atoms. The Bertz CT molecular complexity index is 3530. The molecule has 14 rings (SSSR count). The fourth-order valence-corrected chi connectivity index (χ4v) is 13.0. The van der Waals surface area contributed by atoms with Gasteiger partial charge in [0.2, 0.25) is 0 Å². The van der Waals surface area contributed by atoms with Crippen LogP contribution >= 0.6 is 0 Å². The molecule has 10 aromatic rings. The number of anilines is 5. The smallest absolute Gasteiger partial charge is 0.252 e. The molecule has 1 aliphatic carbocycles. The molecule has 4 aliphatic rings. The second-order valence-electron chi connectivity index (χ2n) is 19.6. The molecular formula is C62H48BN3. The van der Waals surface area contributed by atoms with E-state index in [1.807, 2.05) is 0 Å². The van der Waals surface area contributed by atoms with E-state index in [0.717, 1.165) is 17.8 Å². The summed E-state index contributed by atoms with van der Waals surface area (Å²) in [4.78, 5) is 5.35. The maximum absolute atomic E-state index is 2.88. The van der Waals surface area contributed by atoms with Gasteiger partial charge in [0, 0.05) is 50.1 Å². The SMILES string of the molecule is CC12CCCCC1(C)N1c3cc(N(c4ccccc4)c4ccccc4)cc4c3B(c3cc(-c5ccccc5)cc2c31)c1cc(-c2ccccc2)cc2c3cc(-c5ccccc5)ccc3n-4c12. The van der Waals surface area contributed by atoms with Crippen molar-refractivity contribution in [1.82, 2.24) is 4.57 Å². The van der Waals surface area contributed by atoms with E-state index in [-0.39, 0.29) is 17.7 Å². The van der Waals surface area contributed by atoms with Crippen LogP contribution in [0.2, 0.25) is 0 Å². The molecule has 3 aliphatic heterocycles. The van der Waals surface area contributed by atoms with Crippen molar-refractivity contribution >= 4 is 73.3 Å². The van der Waals surface area contributed by atoms with Gasteiger partial charge in [-0.15, -0.1) is 0 Å². The highest BCUT2D eigenvalue weighted by Crippen LogP contribution is 2.62. The highest BCUT2D eigenvalue weighted by Gasteiger charge is 2.61. The third-order valence-corrected chi connectivity index (χ3v) is 16.2. The minimum Gasteiger partial charge on any atom is -0.335 e. The summed E-state index contributed by atoms with van der Waals surface area (Å²) < 4.78 is 2.65. The maximum Gasteiger partial charge on any atom is 0.252 e. The van der Waals surface area contributed by atoms with Crippen molar-refractivity contribution in [2.24, 2.45) is 0 Å². The van der Waals surface area contributed by atoms with Crippen molar-refractivity contribution < 1.29 is 0 Å². The molecule has 0 N–H and O–H groups in total. The molecule has 0 amide bonds. The van der Waals surface area contributed by atoms with E-state index >= 15 is 0 Å². The van der Waals surface area contributed by atoms with Crippen LogP contribution in [0.15, 0.2) is 206 Å². The summed E-state index contributed by atoms with van der Waals surface area (Å²) in [6.45, 7) is 5.20. The topological polar surface area (TPSA) is 11.4 Å². The van der Waals surface area contributed by atoms with E-state index < -0.39 is 0 Å². The third-order valence-electron chi connectivity index (χ3n) is 16.2. The second kappa shape index (κ2) is 14.0. The van der Waals surface area contributed by atoms with E-state index in [2.05, 4.69) is 234 Å². The van der Waals surface area contributed by atoms with Crippen LogP contribution < -0.4 is 26.2 Å². The molecule has 2 unspecified atom stereocenters. The largest absolute Gasteiger partial charge is 0.335 e. The Morgan fingerprint density at radius 1 is 0.455 bits per heavy atom. The van der Waals surface area contributed by atoms with Gasteiger partial charge < -0.3 is 14.4 Å². The minimum absolute atomic E-state index is 0.00327. The fourth-order valence-electron chi connectivity index (χ4n) is 13.0. The average Bonchev–Trinajstić information content (AvgIpc) is 3.81. The van der Waals surface area contributed by atoms with Crippen molar-refractivity contribution in [3.63, 3.8) is 0 Å². The Balaban J connectivity index is 1.16. The van der Waals surface area contributed by atoms with E-state index in [1.165, 1.54) is 119 Å². The lowest BCUT2D eigenvalue weighted by molar-refractivity contribution is 0.195. The second-order valence-corrected chi connectivity index (χ2v) is 19.6. The first-order valence-corrected chi connectivity index (χ1v) is 23.8. The van der Waals surface area contributed by atoms with Gasteiger partial charge in [-0.1, -0.05) is 165 Å². The number of rotatable bonds is 6. The van der Waals surface area contributed by atoms with E-state index in [1.54, 1.807) is 0 Å². The van der Waals surface area contributed by atoms with Crippen LogP contribution in [0.5, 0.6) is 0 Å². The third kappa shape index (κ3) is 5.16. The zero-order chi connectivity index (χ0) is 43.7. The van der Waals surface area contributed by atoms with E-state index in [9.17, 15) is 0 Å². The first kappa shape index (κ1) is 37.8. The summed E-state index contributed by atoms with van der Waals surface area (Å²) in [5.41, 5.74) is 23.1. The zero-order valence-corrected chi connectivity index (χ0v) is 37.4. The molecule has 0 spiro atoms. The molecule has 1 aromatic heterocycles. The number of benzene rings is 9. The van der Waals surface area contributed by atoms with Crippen molar-refractivity contribution in [2.75, 3.05) is 9.80 Å². The van der Waals surface area contributed by atoms with E-state index in [4.69, 9.17) is 0 Å². The maximum atomic E-state index is 2.88. The predicted octanol–water partition coefficient (Wildman–Crippen LogP) is 14.1. The van der Waals surface area contributed by atoms with Gasteiger partial charge >= 0.3 is 0 Å². The molecule has 3 nitrogen and oxygen atoms in total. The van der Waals surface area contributed by atoms with Crippen molar-refractivity contribution in [3.8, 4) is 39.1 Å². The van der Waals surface area contributed by atoms with Crippen molar-refractivity contribution in [1.29, 1.82) is 0 Å². The molecule has 0 bridgehead atoms. The van der Waals surface area contributed by atoms with E-state index in [0.29, 0.717) is 0 Å². The Morgan fingerprint density at radius 2 is 0.985 bits per heavy atom. The molecular weight excluding hydrogens is 798 g/mol. The quantitative estimate of drug-likeness (QED) is 0.155. The molecule has 9 aromatic carbocycles. The Hall–Kier alpha value is -7.56. The highest BCUT2D eigenvalue weighted by atomic mass is 15.3. The Kier molecular flexibility index (Phi) is 8.00. The molecule has 0 saturated heterocycles. The van der Waals surface area contributed by atoms with Crippen LogP contribution in [-0.4, -0.2) is 16.8 Å². The van der Waals surface area contributed by atoms with Gasteiger partial charge in [-0.25, -0.2) is 0 Å². The first-order chi connectivity index (χ1) is 32.5. The molecule has 1 saturated carbocycles. The van der Waals surface area contributed by atoms with Crippen LogP contribution in [0.3, 0.4) is 0 Å². The molecule has 0 radical (unpaired) electrons. The molecule has 4 heteroatoms. The molecule has 4 heterocycles. The number of fused-ring (bicyclic) bond motifs is 10. The van der Waals surface area contributed by atoms with Gasteiger partial charge in [0.1, 0.15) is 0 Å². The molecule has 1 fully saturated rings. The van der Waals surface area contributed by atoms with Crippen LogP contribution in [0, 0.1) is 0 Å². The fraction of sp³-hybridized carbons (Fsp3) is 0.129. The van der Waals surface area contributed by atoms with Crippen LogP contribution in [0.25, 0.3) is 60.9 Å². The summed E-state index contributed by atoms with van der Waals surface area (Å²) >= 11 is 0. The lowest BCUT2D eigenvalue weighted by Gasteiger charge is -2.52. The highest BCUT2D eigenvalue weighted by molar-refractivity contribution is 7.00. The van der Waals surface area contributed by atoms with Crippen molar-refractivity contribution in [2.45, 2.75) is 50.5 Å². The number of para-hydroxylation sites is 2. The van der Waals surface area contributed by atoms with Gasteiger partial charge in [-0.05, 0) is 136 Å². The average molecular weight is 846 g/mol. The minimum atomic E-state index is -0.135. The monoisotopic (exact) mass is 845 g/mol. The number of hydrogen-bond donors (Lipinski definition) is 0. The zero-order valence-electron chi connectivity index (χ0n) is 37.4. The standard InChI is InChI=1S/C62H48BN3/c1-61-32-18-19-33-62(61,2)66-57-40-49(64(47-26-14-6-15-27-47)48-28-16-7-17-29-48)39-56-58(57)63(54-38-46(36-52(61)60(54)66)43-24-12-5-13-25-43)53-37-45(42-22-10-4-11-23-42)35-51-50-34-44(41-20-8-3-9-21-41)30-31-55(50)65(56)59(51)53/h3-17,20-31,34-40H,18-19,32-33H2,1-2H3. The summed E-state index contributed by atoms with van der Waals surface area (Å²) in [7, 11) is 0. The van der Waals surface area contributed by atoms with Gasteiger partial charge in [-0.3, -0.25) is 0 Å². The van der Waals surface area contributed by atoms with Crippen LogP contribution in [-0.2, 0) is 5.41 Å². The van der Waals surface area contributed by atoms with Gasteiger partial charge in [0.25, 0.3) is 6.71 Å². The summed E-state index contributed by atoms with van der Waals surface area (Å²) in [6.07, 6.45) is 4.76. The predicted molar refractivity (Wildman–Crippen MR) is 279 cm³/mol. The summed E-state index contributed by atoms with van der Waals surface area (Å²) in [5, 5.41) is 2.58. The van der Waals surface area contributed by atoms with Crippen molar-refractivity contribution in [3.05, 3.63) is 212 Å². The molecule has 2 atom stereocenters. The van der Waals surface area contributed by atoms with Gasteiger partial charge in [-0.2, -0.15) is 0 Å². The lowest BCUT2D eigenvalue weighted by atomic mass is 9.33. The Labute approximate surface area is 387 Å². The number of hydrogen-bond acceptors (Lipinski definition) is 2. The first-order valence-electron chi connectivity index (χ1n) is 23.8. The van der Waals surface area contributed by atoms with Crippen LogP contribution in [0.4, 0.5) is 28.4 Å². The van der Waals surface area contributed by atoms with Gasteiger partial charge in [0.05, 0.1) is 16.7 Å². The lowest BCUT2D eigenvalue weighted by Crippen LogP contribution is -2.64. The normalized spacial score (nSPS) is 18.6. The van der Waals surface area contributed by atoms with Crippen LogP contribution in [0.1, 0.15) is 45.1 Å². The number of aromatic nitrogens is 1. The summed E-state index contributed by atoms with van der Waals surface area (Å²) in [5.74, 6) is 0. The molecule has 314 valence electrons. The Morgan fingerprint density at radius 3 is 1.62 bits per heavy atom. The summed E-state index contributed by atoms with van der Waals surface area (Å²) in [6, 6.07) is 77.5. The number of nitrogens with zero attached hydrogens (tertiary/aromatic N) is 3. The van der Waals surface area contributed by atoms with Gasteiger partial charge in [0.15, 0.2) is 0 Å².